The van der Waals surface area contributed by atoms with Crippen LogP contribution in [0.1, 0.15) is 92.6 Å². The van der Waals surface area contributed by atoms with E-state index in [1.54, 1.807) is 6.07 Å². The third kappa shape index (κ3) is 6.78. The molecule has 1 unspecified atom stereocenters. The Morgan fingerprint density at radius 2 is 1.66 bits per heavy atom. The Balaban J connectivity index is 1.59. The van der Waals surface area contributed by atoms with Crippen LogP contribution in [0.4, 0.5) is 26.3 Å². The van der Waals surface area contributed by atoms with Gasteiger partial charge in [-0.25, -0.2) is 17.6 Å². The van der Waals surface area contributed by atoms with Gasteiger partial charge in [0.2, 0.25) is 6.17 Å². The first kappa shape index (κ1) is 27.1. The number of rotatable bonds is 10. The molecule has 1 aliphatic carbocycles. The van der Waals surface area contributed by atoms with Crippen LogP contribution in [0.3, 0.4) is 0 Å². The van der Waals surface area contributed by atoms with Crippen LogP contribution in [0.2, 0.25) is 0 Å². The summed E-state index contributed by atoms with van der Waals surface area (Å²) in [5.41, 5.74) is -1.40. The van der Waals surface area contributed by atoms with Gasteiger partial charge in [-0.2, -0.15) is 14.0 Å². The molecule has 0 aliphatic heterocycles. The number of unbranched alkanes of at least 4 members (excludes halogenated alkanes) is 2. The summed E-state index contributed by atoms with van der Waals surface area (Å²) in [4.78, 5) is 0. The van der Waals surface area contributed by atoms with Gasteiger partial charge in [0.05, 0.1) is 6.61 Å². The van der Waals surface area contributed by atoms with Gasteiger partial charge >= 0.3 is 6.11 Å². The van der Waals surface area contributed by atoms with E-state index in [1.807, 2.05) is 0 Å². The first-order chi connectivity index (χ1) is 16.7. The second kappa shape index (κ2) is 11.9. The van der Waals surface area contributed by atoms with Gasteiger partial charge in [-0.05, 0) is 61.3 Å². The van der Waals surface area contributed by atoms with Crippen LogP contribution in [-0.4, -0.2) is 6.11 Å². The molecule has 2 nitrogen and oxygen atoms in total. The van der Waals surface area contributed by atoms with E-state index < -0.39 is 47.5 Å². The first-order valence-electron chi connectivity index (χ1n) is 12.0. The van der Waals surface area contributed by atoms with Crippen molar-refractivity contribution in [3.8, 4) is 6.07 Å². The smallest absolute Gasteiger partial charge is 0.313 e. The Bertz CT molecular complexity index is 1020. The number of ether oxygens (including phenoxy) is 1. The van der Waals surface area contributed by atoms with Gasteiger partial charge in [0.1, 0.15) is 29.1 Å². The summed E-state index contributed by atoms with van der Waals surface area (Å²) >= 11 is 0. The number of halogens is 6. The van der Waals surface area contributed by atoms with E-state index in [0.29, 0.717) is 18.1 Å². The number of nitrogens with zero attached hydrogens (tertiary/aromatic N) is 1. The van der Waals surface area contributed by atoms with Crippen molar-refractivity contribution in [1.29, 1.82) is 5.26 Å². The average molecular weight is 498 g/mol. The van der Waals surface area contributed by atoms with Crippen molar-refractivity contribution in [2.75, 3.05) is 0 Å². The normalized spacial score (nSPS) is 19.4. The molecule has 1 saturated carbocycles. The van der Waals surface area contributed by atoms with Gasteiger partial charge in [0.15, 0.2) is 0 Å². The summed E-state index contributed by atoms with van der Waals surface area (Å²) in [6.07, 6.45) is 1.25. The van der Waals surface area contributed by atoms with Crippen LogP contribution in [-0.2, 0) is 11.3 Å². The number of hydrogen-bond acceptors (Lipinski definition) is 2. The predicted octanol–water partition coefficient (Wildman–Crippen LogP) is 8.65. The summed E-state index contributed by atoms with van der Waals surface area (Å²) in [7, 11) is 0. The highest BCUT2D eigenvalue weighted by Crippen LogP contribution is 2.40. The molecule has 0 aromatic heterocycles. The molecule has 0 N–H and O–H groups in total. The summed E-state index contributed by atoms with van der Waals surface area (Å²) in [6.45, 7) is 1.25. The Labute approximate surface area is 201 Å². The fraction of sp³-hybridized carbons (Fsp3) is 0.519. The summed E-state index contributed by atoms with van der Waals surface area (Å²) < 4.78 is 89.2. The second-order valence-corrected chi connectivity index (χ2v) is 9.25. The quantitative estimate of drug-likeness (QED) is 0.243. The third-order valence-electron chi connectivity index (χ3n) is 6.80. The molecule has 2 aromatic rings. The van der Waals surface area contributed by atoms with Crippen LogP contribution in [0, 0.1) is 34.7 Å². The van der Waals surface area contributed by atoms with Gasteiger partial charge in [-0.15, -0.1) is 0 Å². The van der Waals surface area contributed by atoms with Crippen molar-refractivity contribution in [1.82, 2.24) is 0 Å². The Morgan fingerprint density at radius 3 is 2.23 bits per heavy atom. The monoisotopic (exact) mass is 497 g/mol. The van der Waals surface area contributed by atoms with Crippen LogP contribution >= 0.6 is 0 Å². The van der Waals surface area contributed by atoms with Crippen molar-refractivity contribution in [2.45, 2.75) is 83.1 Å². The number of alkyl halides is 3. The molecule has 0 heterocycles. The Morgan fingerprint density at radius 1 is 1.00 bits per heavy atom. The molecule has 1 aliphatic rings. The highest BCUT2D eigenvalue weighted by atomic mass is 19.3. The number of nitriles is 1. The van der Waals surface area contributed by atoms with E-state index in [1.165, 1.54) is 43.9 Å². The maximum atomic E-state index is 14.6. The Kier molecular flexibility index (Phi) is 9.23. The standard InChI is InChI=1S/C27H29F6NO/c1-2-3-4-5-17-6-8-18(9-7-17)19-10-11-20(23(28)12-19)16-35-27(32,33)26(31)21-13-24(29)22(15-34)25(30)14-21/h10-14,17-18,26H,2-9,16H2,1H3. The maximum Gasteiger partial charge on any atom is 0.391 e. The van der Waals surface area contributed by atoms with Crippen molar-refractivity contribution >= 4 is 0 Å². The molecule has 8 heteroatoms. The lowest BCUT2D eigenvalue weighted by Gasteiger charge is -2.29. The van der Waals surface area contributed by atoms with Crippen LogP contribution in [0.15, 0.2) is 30.3 Å². The van der Waals surface area contributed by atoms with Crippen molar-refractivity contribution in [3.05, 3.63) is 70.0 Å². The fourth-order valence-electron chi connectivity index (χ4n) is 4.69. The summed E-state index contributed by atoms with van der Waals surface area (Å²) in [5, 5.41) is 8.65. The molecule has 0 radical (unpaired) electrons. The highest BCUT2D eigenvalue weighted by Gasteiger charge is 2.43. The largest absolute Gasteiger partial charge is 0.391 e. The minimum Gasteiger partial charge on any atom is -0.313 e. The molecular weight excluding hydrogens is 468 g/mol. The van der Waals surface area contributed by atoms with Crippen molar-refractivity contribution in [2.24, 2.45) is 5.92 Å². The molecular formula is C27H29F6NO. The summed E-state index contributed by atoms with van der Waals surface area (Å²) in [5.74, 6) is -2.74. The van der Waals surface area contributed by atoms with Gasteiger partial charge < -0.3 is 4.74 Å². The lowest BCUT2D eigenvalue weighted by Crippen LogP contribution is -2.27. The van der Waals surface area contributed by atoms with E-state index in [0.717, 1.165) is 31.2 Å². The average Bonchev–Trinajstić information content (AvgIpc) is 2.83. The zero-order valence-electron chi connectivity index (χ0n) is 19.6. The van der Waals surface area contributed by atoms with Crippen LogP contribution in [0.25, 0.3) is 0 Å². The SMILES string of the molecule is CCCCCC1CCC(c2ccc(COC(F)(F)C(F)c3cc(F)c(C#N)c(F)c3)c(F)c2)CC1. The fourth-order valence-corrected chi connectivity index (χ4v) is 4.69. The molecule has 1 atom stereocenters. The zero-order chi connectivity index (χ0) is 25.6. The second-order valence-electron chi connectivity index (χ2n) is 9.25. The van der Waals surface area contributed by atoms with Crippen LogP contribution in [0.5, 0.6) is 0 Å². The molecule has 0 bridgehead atoms. The topological polar surface area (TPSA) is 33.0 Å². The van der Waals surface area contributed by atoms with E-state index >= 15 is 0 Å². The van der Waals surface area contributed by atoms with Gasteiger partial charge in [-0.3, -0.25) is 0 Å². The van der Waals surface area contributed by atoms with E-state index in [2.05, 4.69) is 11.7 Å². The number of benzene rings is 2. The lowest BCUT2D eigenvalue weighted by atomic mass is 9.77. The molecule has 2 aromatic carbocycles. The molecule has 0 saturated heterocycles. The van der Waals surface area contributed by atoms with E-state index in [-0.39, 0.29) is 11.5 Å². The van der Waals surface area contributed by atoms with E-state index in [4.69, 9.17) is 5.26 Å². The molecule has 35 heavy (non-hydrogen) atoms. The van der Waals surface area contributed by atoms with Crippen LogP contribution < -0.4 is 0 Å². The molecule has 0 amide bonds. The molecule has 1 fully saturated rings. The van der Waals surface area contributed by atoms with E-state index in [9.17, 15) is 26.3 Å². The third-order valence-corrected chi connectivity index (χ3v) is 6.80. The highest BCUT2D eigenvalue weighted by molar-refractivity contribution is 5.36. The first-order valence-corrected chi connectivity index (χ1v) is 12.0. The zero-order valence-corrected chi connectivity index (χ0v) is 19.6. The molecule has 190 valence electrons. The minimum absolute atomic E-state index is 0.175. The van der Waals surface area contributed by atoms with Crippen molar-refractivity contribution < 1.29 is 31.1 Å². The molecule has 3 rings (SSSR count). The molecule has 0 spiro atoms. The van der Waals surface area contributed by atoms with Gasteiger partial charge in [0.25, 0.3) is 0 Å². The minimum atomic E-state index is -4.48. The van der Waals surface area contributed by atoms with Gasteiger partial charge in [0, 0.05) is 11.1 Å². The number of hydrogen-bond donors (Lipinski definition) is 0. The maximum absolute atomic E-state index is 14.6. The van der Waals surface area contributed by atoms with Crippen molar-refractivity contribution in [3.63, 3.8) is 0 Å². The summed E-state index contributed by atoms with van der Waals surface area (Å²) in [6, 6.07) is 6.21. The lowest BCUT2D eigenvalue weighted by molar-refractivity contribution is -0.282. The Hall–Kier alpha value is -2.53. The predicted molar refractivity (Wildman–Crippen MR) is 120 cm³/mol. The van der Waals surface area contributed by atoms with Gasteiger partial charge in [-0.1, -0.05) is 44.7 Å².